The molecule has 7 nitrogen and oxygen atoms in total. The molecule has 7 heteroatoms. The fourth-order valence-corrected chi connectivity index (χ4v) is 1.45. The predicted octanol–water partition coefficient (Wildman–Crippen LogP) is 0.926. The van der Waals surface area contributed by atoms with Crippen LogP contribution in [0.5, 0.6) is 0 Å². The van der Waals surface area contributed by atoms with Gasteiger partial charge in [0, 0.05) is 12.8 Å². The van der Waals surface area contributed by atoms with E-state index < -0.39 is 0 Å². The predicted molar refractivity (Wildman–Crippen MR) is 69.1 cm³/mol. The van der Waals surface area contributed by atoms with Crippen LogP contribution < -0.4 is 16.8 Å². The van der Waals surface area contributed by atoms with Crippen LogP contribution in [0.25, 0.3) is 0 Å². The van der Waals surface area contributed by atoms with Gasteiger partial charge in [0.05, 0.1) is 6.61 Å². The molecule has 2 rings (SSSR count). The van der Waals surface area contributed by atoms with Gasteiger partial charge in [0.2, 0.25) is 17.8 Å². The lowest BCUT2D eigenvalue weighted by Crippen LogP contribution is -2.06. The minimum atomic E-state index is 0.0843. The molecule has 5 N–H and O–H groups in total. The number of nitrogens with zero attached hydrogens (tertiary/aromatic N) is 3. The third-order valence-electron chi connectivity index (χ3n) is 2.19. The molecule has 0 saturated carbocycles. The third-order valence-corrected chi connectivity index (χ3v) is 2.19. The van der Waals surface area contributed by atoms with Crippen molar-refractivity contribution in [2.75, 3.05) is 23.9 Å². The highest BCUT2D eigenvalue weighted by Crippen LogP contribution is 2.15. The molecular formula is C11H14N6O. The van der Waals surface area contributed by atoms with Crippen molar-refractivity contribution in [1.29, 1.82) is 0 Å². The van der Waals surface area contributed by atoms with Gasteiger partial charge in [0.15, 0.2) is 0 Å². The fraction of sp³-hybridized carbons (Fsp3) is 0.182. The van der Waals surface area contributed by atoms with Gasteiger partial charge in [-0.25, -0.2) is 0 Å². The SMILES string of the molecule is COCc1ccc(Nc2nc(N)nc(N)n2)cc1. The summed E-state index contributed by atoms with van der Waals surface area (Å²) in [6.45, 7) is 0.575. The molecule has 0 aliphatic rings. The van der Waals surface area contributed by atoms with Crippen LogP contribution in [-0.2, 0) is 11.3 Å². The average Bonchev–Trinajstić information content (AvgIpc) is 2.31. The highest BCUT2D eigenvalue weighted by molar-refractivity contribution is 5.55. The van der Waals surface area contributed by atoms with Gasteiger partial charge < -0.3 is 21.5 Å². The summed E-state index contributed by atoms with van der Waals surface area (Å²) < 4.78 is 5.03. The first kappa shape index (κ1) is 12.1. The largest absolute Gasteiger partial charge is 0.380 e. The Kier molecular flexibility index (Phi) is 3.54. The van der Waals surface area contributed by atoms with Crippen molar-refractivity contribution in [3.8, 4) is 0 Å². The van der Waals surface area contributed by atoms with Gasteiger partial charge in [-0.15, -0.1) is 0 Å². The van der Waals surface area contributed by atoms with E-state index in [4.69, 9.17) is 16.2 Å². The second-order valence-corrected chi connectivity index (χ2v) is 3.63. The number of aromatic nitrogens is 3. The zero-order valence-electron chi connectivity index (χ0n) is 9.92. The molecule has 1 heterocycles. The summed E-state index contributed by atoms with van der Waals surface area (Å²) in [5, 5.41) is 2.99. The molecule has 18 heavy (non-hydrogen) atoms. The molecule has 0 radical (unpaired) electrons. The van der Waals surface area contributed by atoms with Gasteiger partial charge >= 0.3 is 0 Å². The number of methoxy groups -OCH3 is 1. The Bertz CT molecular complexity index is 507. The molecule has 0 saturated heterocycles. The van der Waals surface area contributed by atoms with Crippen LogP contribution in [0.3, 0.4) is 0 Å². The number of nitrogens with one attached hydrogen (secondary N) is 1. The fourth-order valence-electron chi connectivity index (χ4n) is 1.45. The van der Waals surface area contributed by atoms with Gasteiger partial charge in [-0.05, 0) is 17.7 Å². The van der Waals surface area contributed by atoms with E-state index >= 15 is 0 Å². The van der Waals surface area contributed by atoms with Crippen molar-refractivity contribution in [3.63, 3.8) is 0 Å². The first-order valence-electron chi connectivity index (χ1n) is 5.29. The Hall–Kier alpha value is -2.41. The van der Waals surface area contributed by atoms with Gasteiger partial charge in [0.1, 0.15) is 0 Å². The molecular weight excluding hydrogens is 232 g/mol. The minimum absolute atomic E-state index is 0.0843. The number of rotatable bonds is 4. The summed E-state index contributed by atoms with van der Waals surface area (Å²) >= 11 is 0. The van der Waals surface area contributed by atoms with Gasteiger partial charge in [-0.2, -0.15) is 15.0 Å². The number of hydrogen-bond acceptors (Lipinski definition) is 7. The van der Waals surface area contributed by atoms with Crippen molar-refractivity contribution in [3.05, 3.63) is 29.8 Å². The Morgan fingerprint density at radius 1 is 1.06 bits per heavy atom. The lowest BCUT2D eigenvalue weighted by Gasteiger charge is -2.06. The highest BCUT2D eigenvalue weighted by atomic mass is 16.5. The Morgan fingerprint density at radius 2 is 1.67 bits per heavy atom. The van der Waals surface area contributed by atoms with Crippen molar-refractivity contribution >= 4 is 23.5 Å². The first-order valence-corrected chi connectivity index (χ1v) is 5.29. The maximum absolute atomic E-state index is 5.48. The normalized spacial score (nSPS) is 10.3. The summed E-state index contributed by atoms with van der Waals surface area (Å²) in [4.78, 5) is 11.5. The smallest absolute Gasteiger partial charge is 0.233 e. The summed E-state index contributed by atoms with van der Waals surface area (Å²) in [6.07, 6.45) is 0. The summed E-state index contributed by atoms with van der Waals surface area (Å²) in [7, 11) is 1.66. The monoisotopic (exact) mass is 246 g/mol. The van der Waals surface area contributed by atoms with Crippen molar-refractivity contribution in [2.45, 2.75) is 6.61 Å². The van der Waals surface area contributed by atoms with E-state index in [0.29, 0.717) is 12.6 Å². The van der Waals surface area contributed by atoms with E-state index in [1.54, 1.807) is 7.11 Å². The molecule has 94 valence electrons. The number of anilines is 4. The standard InChI is InChI=1S/C11H14N6O/c1-18-6-7-2-4-8(5-3-7)14-11-16-9(12)15-10(13)17-11/h2-5H,6H2,1H3,(H5,12,13,14,15,16,17). The second kappa shape index (κ2) is 5.28. The van der Waals surface area contributed by atoms with Crippen LogP contribution in [0, 0.1) is 0 Å². The lowest BCUT2D eigenvalue weighted by atomic mass is 10.2. The first-order chi connectivity index (χ1) is 8.67. The summed E-state index contributed by atoms with van der Waals surface area (Å²) in [5.41, 5.74) is 12.9. The molecule has 0 bridgehead atoms. The van der Waals surface area contributed by atoms with E-state index in [9.17, 15) is 0 Å². The van der Waals surface area contributed by atoms with Crippen LogP contribution >= 0.6 is 0 Å². The Balaban J connectivity index is 2.13. The second-order valence-electron chi connectivity index (χ2n) is 3.63. The lowest BCUT2D eigenvalue weighted by molar-refractivity contribution is 0.185. The van der Waals surface area contributed by atoms with E-state index in [0.717, 1.165) is 11.3 Å². The number of hydrogen-bond donors (Lipinski definition) is 3. The Labute approximate surface area is 104 Å². The zero-order valence-corrected chi connectivity index (χ0v) is 9.92. The van der Waals surface area contributed by atoms with E-state index in [-0.39, 0.29) is 11.9 Å². The van der Waals surface area contributed by atoms with Crippen LogP contribution in [-0.4, -0.2) is 22.1 Å². The van der Waals surface area contributed by atoms with Crippen LogP contribution in [0.15, 0.2) is 24.3 Å². The quantitative estimate of drug-likeness (QED) is 0.735. The van der Waals surface area contributed by atoms with E-state index in [1.165, 1.54) is 0 Å². The third kappa shape index (κ3) is 3.05. The molecule has 0 aliphatic carbocycles. The van der Waals surface area contributed by atoms with E-state index in [1.807, 2.05) is 24.3 Å². The van der Waals surface area contributed by atoms with Crippen molar-refractivity contribution in [1.82, 2.24) is 15.0 Å². The van der Waals surface area contributed by atoms with Crippen LogP contribution in [0.1, 0.15) is 5.56 Å². The molecule has 0 spiro atoms. The number of benzene rings is 1. The zero-order chi connectivity index (χ0) is 13.0. The van der Waals surface area contributed by atoms with Gasteiger partial charge in [-0.3, -0.25) is 0 Å². The van der Waals surface area contributed by atoms with Crippen LogP contribution in [0.2, 0.25) is 0 Å². The molecule has 0 atom stereocenters. The van der Waals surface area contributed by atoms with E-state index in [2.05, 4.69) is 20.3 Å². The topological polar surface area (TPSA) is 112 Å². The Morgan fingerprint density at radius 3 is 2.22 bits per heavy atom. The van der Waals surface area contributed by atoms with Crippen LogP contribution in [0.4, 0.5) is 23.5 Å². The van der Waals surface area contributed by atoms with Crippen molar-refractivity contribution < 1.29 is 4.74 Å². The number of ether oxygens (including phenoxy) is 1. The summed E-state index contributed by atoms with van der Waals surface area (Å²) in [5.74, 6) is 0.487. The molecule has 0 aliphatic heterocycles. The molecule has 1 aromatic heterocycles. The summed E-state index contributed by atoms with van der Waals surface area (Å²) in [6, 6.07) is 7.68. The average molecular weight is 246 g/mol. The van der Waals surface area contributed by atoms with Crippen molar-refractivity contribution in [2.24, 2.45) is 0 Å². The molecule has 0 unspecified atom stereocenters. The van der Waals surface area contributed by atoms with Gasteiger partial charge in [0.25, 0.3) is 0 Å². The minimum Gasteiger partial charge on any atom is -0.380 e. The highest BCUT2D eigenvalue weighted by Gasteiger charge is 2.02. The maximum Gasteiger partial charge on any atom is 0.233 e. The molecule has 2 aromatic rings. The molecule has 0 fully saturated rings. The maximum atomic E-state index is 5.48. The molecule has 0 amide bonds. The van der Waals surface area contributed by atoms with Gasteiger partial charge in [-0.1, -0.05) is 12.1 Å². The number of nitrogens with two attached hydrogens (primary N) is 2. The molecule has 1 aromatic carbocycles. The number of nitrogen functional groups attached to an aromatic ring is 2.